The van der Waals surface area contributed by atoms with Gasteiger partial charge in [-0.3, -0.25) is 14.5 Å². The standard InChI is InChI=1S/C16H22N2O4/c1-11-12(6-7-15(20)22-3)9-13-5-4-8-18(16(13)17-11)14(19)10-21-2/h9H,4-8,10H2,1-3H3. The highest BCUT2D eigenvalue weighted by Gasteiger charge is 2.24. The molecule has 1 aromatic heterocycles. The van der Waals surface area contributed by atoms with Gasteiger partial charge in [0.15, 0.2) is 0 Å². The van der Waals surface area contributed by atoms with Gasteiger partial charge in [-0.2, -0.15) is 0 Å². The van der Waals surface area contributed by atoms with Crippen LogP contribution in [-0.4, -0.2) is 44.2 Å². The van der Waals surface area contributed by atoms with Crippen LogP contribution in [0.2, 0.25) is 0 Å². The molecule has 0 saturated carbocycles. The third-order valence-corrected chi connectivity index (χ3v) is 3.85. The zero-order chi connectivity index (χ0) is 16.1. The number of carbonyl (C=O) groups is 2. The van der Waals surface area contributed by atoms with Gasteiger partial charge in [-0.1, -0.05) is 6.07 Å². The predicted molar refractivity (Wildman–Crippen MR) is 81.9 cm³/mol. The SMILES string of the molecule is COCC(=O)N1CCCc2cc(CCC(=O)OC)c(C)nc21. The maximum atomic E-state index is 12.1. The fourth-order valence-electron chi connectivity index (χ4n) is 2.67. The Morgan fingerprint density at radius 1 is 1.36 bits per heavy atom. The van der Waals surface area contributed by atoms with E-state index < -0.39 is 0 Å². The summed E-state index contributed by atoms with van der Waals surface area (Å²) in [5, 5.41) is 0. The highest BCUT2D eigenvalue weighted by molar-refractivity contribution is 5.94. The predicted octanol–water partition coefficient (Wildman–Crippen LogP) is 1.42. The lowest BCUT2D eigenvalue weighted by Gasteiger charge is -2.29. The van der Waals surface area contributed by atoms with Gasteiger partial charge in [-0.05, 0) is 37.3 Å². The van der Waals surface area contributed by atoms with Crippen LogP contribution in [0, 0.1) is 6.92 Å². The van der Waals surface area contributed by atoms with Crippen molar-refractivity contribution in [2.45, 2.75) is 32.6 Å². The second-order valence-corrected chi connectivity index (χ2v) is 5.37. The number of fused-ring (bicyclic) bond motifs is 1. The van der Waals surface area contributed by atoms with E-state index in [0.717, 1.165) is 35.5 Å². The molecule has 1 aliphatic heterocycles. The molecule has 2 rings (SSSR count). The Bertz CT molecular complexity index is 572. The van der Waals surface area contributed by atoms with Gasteiger partial charge in [0.05, 0.1) is 7.11 Å². The zero-order valence-electron chi connectivity index (χ0n) is 13.3. The molecule has 2 heterocycles. The highest BCUT2D eigenvalue weighted by atomic mass is 16.5. The Kier molecular flexibility index (Phi) is 5.49. The number of aryl methyl sites for hydroxylation is 3. The maximum Gasteiger partial charge on any atom is 0.305 e. The molecule has 120 valence electrons. The van der Waals surface area contributed by atoms with Crippen molar-refractivity contribution in [3.8, 4) is 0 Å². The van der Waals surface area contributed by atoms with Crippen LogP contribution in [0.5, 0.6) is 0 Å². The summed E-state index contributed by atoms with van der Waals surface area (Å²) in [5.74, 6) is 0.430. The molecule has 0 N–H and O–H groups in total. The van der Waals surface area contributed by atoms with Crippen LogP contribution in [0.25, 0.3) is 0 Å². The monoisotopic (exact) mass is 306 g/mol. The van der Waals surface area contributed by atoms with Crippen molar-refractivity contribution in [2.75, 3.05) is 32.3 Å². The summed E-state index contributed by atoms with van der Waals surface area (Å²) in [6, 6.07) is 2.06. The van der Waals surface area contributed by atoms with Crippen molar-refractivity contribution in [1.29, 1.82) is 0 Å². The van der Waals surface area contributed by atoms with E-state index in [9.17, 15) is 9.59 Å². The Labute approximate surface area is 130 Å². The minimum atomic E-state index is -0.228. The van der Waals surface area contributed by atoms with Gasteiger partial charge in [-0.15, -0.1) is 0 Å². The third-order valence-electron chi connectivity index (χ3n) is 3.85. The molecule has 0 fully saturated rings. The fourth-order valence-corrected chi connectivity index (χ4v) is 2.67. The quantitative estimate of drug-likeness (QED) is 0.770. The summed E-state index contributed by atoms with van der Waals surface area (Å²) in [5.41, 5.74) is 2.94. The van der Waals surface area contributed by atoms with Crippen LogP contribution in [0.4, 0.5) is 5.82 Å². The van der Waals surface area contributed by atoms with Gasteiger partial charge < -0.3 is 9.47 Å². The number of anilines is 1. The first-order valence-electron chi connectivity index (χ1n) is 7.42. The summed E-state index contributed by atoms with van der Waals surface area (Å²) < 4.78 is 9.61. The van der Waals surface area contributed by atoms with Crippen LogP contribution in [0.1, 0.15) is 29.7 Å². The summed E-state index contributed by atoms with van der Waals surface area (Å²) in [6.07, 6.45) is 2.74. The van der Waals surface area contributed by atoms with E-state index in [0.29, 0.717) is 19.4 Å². The van der Waals surface area contributed by atoms with E-state index in [1.54, 1.807) is 4.90 Å². The summed E-state index contributed by atoms with van der Waals surface area (Å²) >= 11 is 0. The lowest BCUT2D eigenvalue weighted by molar-refractivity contribution is -0.140. The van der Waals surface area contributed by atoms with Gasteiger partial charge in [0, 0.05) is 25.8 Å². The number of carbonyl (C=O) groups excluding carboxylic acids is 2. The first kappa shape index (κ1) is 16.4. The molecule has 0 bridgehead atoms. The van der Waals surface area contributed by atoms with Gasteiger partial charge in [0.25, 0.3) is 5.91 Å². The van der Waals surface area contributed by atoms with Gasteiger partial charge in [0.2, 0.25) is 0 Å². The molecular formula is C16H22N2O4. The summed E-state index contributed by atoms with van der Waals surface area (Å²) in [6.45, 7) is 2.63. The molecule has 0 aliphatic carbocycles. The summed E-state index contributed by atoms with van der Waals surface area (Å²) in [7, 11) is 2.90. The molecule has 0 saturated heterocycles. The number of pyridine rings is 1. The fraction of sp³-hybridized carbons (Fsp3) is 0.562. The molecule has 0 atom stereocenters. The molecular weight excluding hydrogens is 284 g/mol. The second kappa shape index (κ2) is 7.35. The second-order valence-electron chi connectivity index (χ2n) is 5.37. The molecule has 1 amide bonds. The van der Waals surface area contributed by atoms with Crippen molar-refractivity contribution in [3.05, 3.63) is 22.9 Å². The van der Waals surface area contributed by atoms with Crippen LogP contribution in [-0.2, 0) is 31.9 Å². The van der Waals surface area contributed by atoms with Gasteiger partial charge in [0.1, 0.15) is 12.4 Å². The lowest BCUT2D eigenvalue weighted by atomic mass is 9.99. The van der Waals surface area contributed by atoms with Crippen LogP contribution in [0.15, 0.2) is 6.07 Å². The number of nitrogens with zero attached hydrogens (tertiary/aromatic N) is 2. The van der Waals surface area contributed by atoms with E-state index in [2.05, 4.69) is 15.8 Å². The first-order valence-corrected chi connectivity index (χ1v) is 7.42. The molecule has 0 aromatic carbocycles. The summed E-state index contributed by atoms with van der Waals surface area (Å²) in [4.78, 5) is 29.7. The number of ether oxygens (including phenoxy) is 2. The van der Waals surface area contributed by atoms with Crippen LogP contribution in [0.3, 0.4) is 0 Å². The van der Waals surface area contributed by atoms with Gasteiger partial charge >= 0.3 is 5.97 Å². The van der Waals surface area contributed by atoms with E-state index >= 15 is 0 Å². The number of rotatable bonds is 5. The van der Waals surface area contributed by atoms with Crippen molar-refractivity contribution < 1.29 is 19.1 Å². The molecule has 22 heavy (non-hydrogen) atoms. The third kappa shape index (κ3) is 3.62. The molecule has 1 aromatic rings. The largest absolute Gasteiger partial charge is 0.469 e. The Hall–Kier alpha value is -1.95. The number of hydrogen-bond acceptors (Lipinski definition) is 5. The average molecular weight is 306 g/mol. The molecule has 0 unspecified atom stereocenters. The van der Waals surface area contributed by atoms with Crippen molar-refractivity contribution in [2.24, 2.45) is 0 Å². The van der Waals surface area contributed by atoms with E-state index in [1.165, 1.54) is 14.2 Å². The minimum absolute atomic E-state index is 0.0598. The van der Waals surface area contributed by atoms with E-state index in [4.69, 9.17) is 4.74 Å². The lowest BCUT2D eigenvalue weighted by Crippen LogP contribution is -2.38. The smallest absolute Gasteiger partial charge is 0.305 e. The highest BCUT2D eigenvalue weighted by Crippen LogP contribution is 2.28. The Balaban J connectivity index is 2.23. The number of aromatic nitrogens is 1. The Morgan fingerprint density at radius 2 is 2.14 bits per heavy atom. The van der Waals surface area contributed by atoms with Gasteiger partial charge in [-0.25, -0.2) is 4.98 Å². The topological polar surface area (TPSA) is 68.7 Å². The Morgan fingerprint density at radius 3 is 2.82 bits per heavy atom. The van der Waals surface area contributed by atoms with E-state index in [-0.39, 0.29) is 18.5 Å². The van der Waals surface area contributed by atoms with Crippen molar-refractivity contribution >= 4 is 17.7 Å². The average Bonchev–Trinajstić information content (AvgIpc) is 2.52. The van der Waals surface area contributed by atoms with Crippen molar-refractivity contribution in [3.63, 3.8) is 0 Å². The molecule has 6 heteroatoms. The minimum Gasteiger partial charge on any atom is -0.469 e. The van der Waals surface area contributed by atoms with E-state index in [1.807, 2.05) is 6.92 Å². The first-order chi connectivity index (χ1) is 10.6. The number of methoxy groups -OCH3 is 2. The number of esters is 1. The normalized spacial score (nSPS) is 13.7. The molecule has 6 nitrogen and oxygen atoms in total. The van der Waals surface area contributed by atoms with Crippen LogP contribution >= 0.6 is 0 Å². The number of hydrogen-bond donors (Lipinski definition) is 0. The molecule has 1 aliphatic rings. The van der Waals surface area contributed by atoms with Crippen LogP contribution < -0.4 is 4.90 Å². The zero-order valence-corrected chi connectivity index (χ0v) is 13.3. The molecule has 0 radical (unpaired) electrons. The molecule has 0 spiro atoms. The number of amides is 1. The maximum absolute atomic E-state index is 12.1. The van der Waals surface area contributed by atoms with Crippen molar-refractivity contribution in [1.82, 2.24) is 4.98 Å².